The van der Waals surface area contributed by atoms with E-state index < -0.39 is 16.1 Å². The molecule has 0 spiro atoms. The Balaban J connectivity index is 1.22. The van der Waals surface area contributed by atoms with Crippen LogP contribution in [0.25, 0.3) is 10.4 Å². The normalized spacial score (nSPS) is 23.2. The highest BCUT2D eigenvalue weighted by molar-refractivity contribution is 7.89. The first-order valence-electron chi connectivity index (χ1n) is 13.0. The van der Waals surface area contributed by atoms with Crippen molar-refractivity contribution in [2.75, 3.05) is 39.3 Å². The second-order valence-corrected chi connectivity index (χ2v) is 13.5. The summed E-state index contributed by atoms with van der Waals surface area (Å²) in [6.07, 6.45) is 5.45. The molecular weight excluding hydrogens is 532 g/mol. The largest absolute Gasteiger partial charge is 0.337 e. The fourth-order valence-electron chi connectivity index (χ4n) is 5.62. The van der Waals surface area contributed by atoms with Crippen LogP contribution in [0.2, 0.25) is 4.34 Å². The Labute approximate surface area is 227 Å². The molecule has 3 saturated heterocycles. The Kier molecular flexibility index (Phi) is 8.21. The first-order chi connectivity index (χ1) is 17.8. The van der Waals surface area contributed by atoms with Crippen LogP contribution in [0.5, 0.6) is 0 Å². The van der Waals surface area contributed by atoms with Gasteiger partial charge in [0.1, 0.15) is 6.04 Å². The van der Waals surface area contributed by atoms with Crippen molar-refractivity contribution in [3.05, 3.63) is 40.7 Å². The van der Waals surface area contributed by atoms with Crippen molar-refractivity contribution >= 4 is 44.8 Å². The van der Waals surface area contributed by atoms with E-state index in [2.05, 4.69) is 9.62 Å². The number of piperidine rings is 1. The van der Waals surface area contributed by atoms with E-state index in [0.717, 1.165) is 49.5 Å². The summed E-state index contributed by atoms with van der Waals surface area (Å²) >= 11 is 7.41. The van der Waals surface area contributed by atoms with E-state index in [1.165, 1.54) is 35.1 Å². The van der Waals surface area contributed by atoms with E-state index in [4.69, 9.17) is 11.6 Å². The van der Waals surface area contributed by atoms with Crippen LogP contribution in [-0.2, 0) is 19.6 Å². The molecular formula is C26H33ClN4O4S2. The van der Waals surface area contributed by atoms with Crippen LogP contribution >= 0.6 is 22.9 Å². The van der Waals surface area contributed by atoms with Crippen molar-refractivity contribution < 1.29 is 18.0 Å². The second-order valence-electron chi connectivity index (χ2n) is 10.1. The number of carbonyl (C=O) groups excluding carboxylic acids is 2. The zero-order valence-corrected chi connectivity index (χ0v) is 23.2. The number of thiophene rings is 1. The Morgan fingerprint density at radius 3 is 2.57 bits per heavy atom. The molecule has 1 aromatic carbocycles. The van der Waals surface area contributed by atoms with Crippen molar-refractivity contribution in [1.82, 2.24) is 19.4 Å². The molecule has 2 atom stereocenters. The fourth-order valence-corrected chi connectivity index (χ4v) is 7.93. The second kappa shape index (κ2) is 11.4. The van der Waals surface area contributed by atoms with Crippen molar-refractivity contribution in [1.29, 1.82) is 0 Å². The summed E-state index contributed by atoms with van der Waals surface area (Å²) in [5.41, 5.74) is 0.746. The van der Waals surface area contributed by atoms with Gasteiger partial charge in [0.15, 0.2) is 0 Å². The van der Waals surface area contributed by atoms with E-state index in [9.17, 15) is 18.0 Å². The number of hydrogen-bond acceptors (Lipinski definition) is 6. The number of benzene rings is 1. The van der Waals surface area contributed by atoms with Gasteiger partial charge in [0.05, 0.1) is 15.8 Å². The van der Waals surface area contributed by atoms with E-state index in [1.54, 1.807) is 18.2 Å². The predicted octanol–water partition coefficient (Wildman–Crippen LogP) is 3.42. The standard InChI is InChI=1S/C26H33ClN4O4S2/c27-24-11-10-23(36-24)19-6-3-8-21(16-19)37(34,35)28-22-9-5-14-30(26(22)33)18-25(32)31-15-4-7-20(31)17-29-12-1-2-13-29/h3,6,8,10-11,16,20,22,28H,1-2,4-5,7,9,12-15,17-18H2/t20-,22-/m0/s1. The van der Waals surface area contributed by atoms with Gasteiger partial charge in [-0.2, -0.15) is 4.72 Å². The third-order valence-electron chi connectivity index (χ3n) is 7.52. The van der Waals surface area contributed by atoms with Gasteiger partial charge in [0, 0.05) is 30.6 Å². The summed E-state index contributed by atoms with van der Waals surface area (Å²) in [5, 5.41) is 0. The zero-order valence-electron chi connectivity index (χ0n) is 20.8. The lowest BCUT2D eigenvalue weighted by Crippen LogP contribution is -2.55. The van der Waals surface area contributed by atoms with Gasteiger partial charge in [-0.15, -0.1) is 11.3 Å². The molecule has 1 aromatic heterocycles. The molecule has 0 radical (unpaired) electrons. The summed E-state index contributed by atoms with van der Waals surface area (Å²) in [6, 6.07) is 9.55. The predicted molar refractivity (Wildman–Crippen MR) is 145 cm³/mol. The van der Waals surface area contributed by atoms with Crippen LogP contribution in [0, 0.1) is 0 Å². The topological polar surface area (TPSA) is 90.0 Å². The lowest BCUT2D eigenvalue weighted by Gasteiger charge is -2.34. The average Bonchev–Trinajstić information content (AvgIpc) is 3.65. The highest BCUT2D eigenvalue weighted by atomic mass is 35.5. The highest BCUT2D eigenvalue weighted by Crippen LogP contribution is 2.32. The van der Waals surface area contributed by atoms with Gasteiger partial charge in [-0.1, -0.05) is 23.7 Å². The van der Waals surface area contributed by atoms with Gasteiger partial charge in [-0.05, 0) is 81.4 Å². The molecule has 2 amide bonds. The number of amides is 2. The number of hydrogen-bond donors (Lipinski definition) is 1. The molecule has 0 saturated carbocycles. The smallest absolute Gasteiger partial charge is 0.242 e. The third-order valence-corrected chi connectivity index (χ3v) is 10.3. The maximum absolute atomic E-state index is 13.2. The minimum atomic E-state index is -3.93. The van der Waals surface area contributed by atoms with Crippen molar-refractivity contribution in [2.45, 2.75) is 55.5 Å². The summed E-state index contributed by atoms with van der Waals surface area (Å²) in [5.74, 6) is -0.375. The van der Waals surface area contributed by atoms with Crippen molar-refractivity contribution in [3.8, 4) is 10.4 Å². The number of rotatable bonds is 8. The van der Waals surface area contributed by atoms with Crippen LogP contribution in [0.1, 0.15) is 38.5 Å². The van der Waals surface area contributed by atoms with E-state index in [1.807, 2.05) is 17.0 Å². The summed E-state index contributed by atoms with van der Waals surface area (Å²) in [7, 11) is -3.93. The molecule has 0 bridgehead atoms. The number of halogens is 1. The van der Waals surface area contributed by atoms with E-state index >= 15 is 0 Å². The van der Waals surface area contributed by atoms with Crippen LogP contribution in [0.15, 0.2) is 41.3 Å². The Morgan fingerprint density at radius 1 is 1.03 bits per heavy atom. The minimum absolute atomic E-state index is 0.00217. The van der Waals surface area contributed by atoms with Gasteiger partial charge < -0.3 is 14.7 Å². The summed E-state index contributed by atoms with van der Waals surface area (Å²) in [4.78, 5) is 33.3. The number of likely N-dealkylation sites (tertiary alicyclic amines) is 3. The van der Waals surface area contributed by atoms with Gasteiger partial charge in [-0.25, -0.2) is 8.42 Å². The fraction of sp³-hybridized carbons (Fsp3) is 0.538. The van der Waals surface area contributed by atoms with Gasteiger partial charge in [0.25, 0.3) is 0 Å². The average molecular weight is 565 g/mol. The SMILES string of the molecule is O=C1[C@@H](NS(=O)(=O)c2cccc(-c3ccc(Cl)s3)c2)CCCN1CC(=O)N1CCC[C@H]1CN1CCCC1. The quantitative estimate of drug-likeness (QED) is 0.530. The van der Waals surface area contributed by atoms with Gasteiger partial charge in [0.2, 0.25) is 21.8 Å². The zero-order chi connectivity index (χ0) is 26.0. The van der Waals surface area contributed by atoms with Crippen molar-refractivity contribution in [2.24, 2.45) is 0 Å². The molecule has 1 N–H and O–H groups in total. The van der Waals surface area contributed by atoms with Crippen molar-refractivity contribution in [3.63, 3.8) is 0 Å². The maximum Gasteiger partial charge on any atom is 0.242 e. The molecule has 3 fully saturated rings. The molecule has 0 aliphatic carbocycles. The lowest BCUT2D eigenvalue weighted by atomic mass is 10.1. The minimum Gasteiger partial charge on any atom is -0.337 e. The molecule has 0 unspecified atom stereocenters. The molecule has 5 rings (SSSR count). The Morgan fingerprint density at radius 2 is 1.81 bits per heavy atom. The van der Waals surface area contributed by atoms with E-state index in [-0.39, 0.29) is 29.3 Å². The molecule has 37 heavy (non-hydrogen) atoms. The van der Waals surface area contributed by atoms with Gasteiger partial charge >= 0.3 is 0 Å². The highest BCUT2D eigenvalue weighted by Gasteiger charge is 2.36. The van der Waals surface area contributed by atoms with Crippen LogP contribution in [-0.4, -0.2) is 86.3 Å². The Hall–Kier alpha value is -1.98. The molecule has 4 heterocycles. The number of sulfonamides is 1. The third kappa shape index (κ3) is 6.20. The molecule has 200 valence electrons. The first-order valence-corrected chi connectivity index (χ1v) is 15.7. The number of carbonyl (C=O) groups is 2. The molecule has 11 heteroatoms. The first kappa shape index (κ1) is 26.6. The van der Waals surface area contributed by atoms with E-state index in [0.29, 0.717) is 23.7 Å². The van der Waals surface area contributed by atoms with Crippen LogP contribution in [0.3, 0.4) is 0 Å². The van der Waals surface area contributed by atoms with Gasteiger partial charge in [-0.3, -0.25) is 9.59 Å². The lowest BCUT2D eigenvalue weighted by molar-refractivity contribution is -0.143. The Bertz CT molecular complexity index is 1240. The maximum atomic E-state index is 13.2. The summed E-state index contributed by atoms with van der Waals surface area (Å²) in [6.45, 7) is 4.27. The van der Waals surface area contributed by atoms with Crippen LogP contribution in [0.4, 0.5) is 0 Å². The number of nitrogens with one attached hydrogen (secondary N) is 1. The monoisotopic (exact) mass is 564 g/mol. The molecule has 3 aliphatic rings. The van der Waals surface area contributed by atoms with Crippen LogP contribution < -0.4 is 4.72 Å². The molecule has 8 nitrogen and oxygen atoms in total. The summed E-state index contributed by atoms with van der Waals surface area (Å²) < 4.78 is 29.6. The molecule has 2 aromatic rings. The number of nitrogens with zero attached hydrogens (tertiary/aromatic N) is 3. The molecule has 3 aliphatic heterocycles.